The Balaban J connectivity index is 2.40. The van der Waals surface area contributed by atoms with Crippen molar-refractivity contribution in [2.24, 2.45) is 0 Å². The predicted octanol–water partition coefficient (Wildman–Crippen LogP) is 5.83. The number of hydrogen-bond acceptors (Lipinski definition) is 1. The van der Waals surface area contributed by atoms with Crippen molar-refractivity contribution in [3.05, 3.63) is 56.7 Å². The summed E-state index contributed by atoms with van der Waals surface area (Å²) >= 11 is 22.0. The van der Waals surface area contributed by atoms with E-state index in [0.717, 1.165) is 21.2 Å². The van der Waals surface area contributed by atoms with Crippen LogP contribution in [0.1, 0.15) is 5.82 Å². The lowest BCUT2D eigenvalue weighted by Gasteiger charge is -2.10. The van der Waals surface area contributed by atoms with E-state index in [2.05, 4.69) is 20.9 Å². The maximum Gasteiger partial charge on any atom is 0.129 e. The van der Waals surface area contributed by atoms with E-state index in [0.29, 0.717) is 15.9 Å². The van der Waals surface area contributed by atoms with E-state index in [9.17, 15) is 0 Å². The molecule has 102 valence electrons. The van der Waals surface area contributed by atoms with Gasteiger partial charge in [0, 0.05) is 4.47 Å². The fourth-order valence-corrected chi connectivity index (χ4v) is 3.07. The molecule has 20 heavy (non-hydrogen) atoms. The maximum atomic E-state index is 6.31. The Kier molecular flexibility index (Phi) is 3.95. The van der Waals surface area contributed by atoms with Gasteiger partial charge in [-0.25, -0.2) is 4.98 Å². The third-order valence-electron chi connectivity index (χ3n) is 2.97. The Morgan fingerprint density at radius 1 is 1.10 bits per heavy atom. The van der Waals surface area contributed by atoms with Crippen molar-refractivity contribution in [3.8, 4) is 5.69 Å². The molecular weight excluding hydrogens is 382 g/mol. The van der Waals surface area contributed by atoms with Crippen LogP contribution in [0.25, 0.3) is 16.7 Å². The van der Waals surface area contributed by atoms with Crippen molar-refractivity contribution in [2.75, 3.05) is 0 Å². The van der Waals surface area contributed by atoms with Crippen molar-refractivity contribution >= 4 is 61.8 Å². The summed E-state index contributed by atoms with van der Waals surface area (Å²) in [5, 5.41) is 1.22. The van der Waals surface area contributed by atoms with Gasteiger partial charge in [0.2, 0.25) is 0 Å². The second-order valence-electron chi connectivity index (χ2n) is 4.20. The monoisotopic (exact) mass is 388 g/mol. The van der Waals surface area contributed by atoms with Gasteiger partial charge in [0.05, 0.1) is 27.1 Å². The zero-order valence-corrected chi connectivity index (χ0v) is 13.9. The molecule has 0 radical (unpaired) electrons. The second-order valence-corrected chi connectivity index (χ2v) is 6.20. The standard InChI is InChI=1S/C14H8BrCl3N2/c15-8-4-5-9(17)12(6-8)20-11-3-1-2-10(18)14(11)19-13(20)7-16/h1-6H,7H2. The number of fused-ring (bicyclic) bond motifs is 1. The number of alkyl halides is 1. The van der Waals surface area contributed by atoms with Crippen LogP contribution >= 0.6 is 50.7 Å². The molecule has 0 aliphatic rings. The van der Waals surface area contributed by atoms with E-state index < -0.39 is 0 Å². The van der Waals surface area contributed by atoms with Crippen LogP contribution < -0.4 is 0 Å². The fraction of sp³-hybridized carbons (Fsp3) is 0.0714. The molecule has 0 saturated heterocycles. The van der Waals surface area contributed by atoms with Crippen LogP contribution in [-0.2, 0) is 5.88 Å². The zero-order valence-electron chi connectivity index (χ0n) is 10.1. The van der Waals surface area contributed by atoms with Gasteiger partial charge in [-0.05, 0) is 30.3 Å². The van der Waals surface area contributed by atoms with E-state index in [4.69, 9.17) is 34.8 Å². The van der Waals surface area contributed by atoms with Gasteiger partial charge >= 0.3 is 0 Å². The minimum Gasteiger partial charge on any atom is -0.294 e. The van der Waals surface area contributed by atoms with Crippen LogP contribution in [0.5, 0.6) is 0 Å². The van der Waals surface area contributed by atoms with E-state index in [1.165, 1.54) is 0 Å². The molecule has 3 aromatic rings. The van der Waals surface area contributed by atoms with Gasteiger partial charge in [-0.2, -0.15) is 0 Å². The number of benzene rings is 2. The van der Waals surface area contributed by atoms with E-state index >= 15 is 0 Å². The topological polar surface area (TPSA) is 17.8 Å². The minimum atomic E-state index is 0.272. The number of rotatable bonds is 2. The highest BCUT2D eigenvalue weighted by Crippen LogP contribution is 2.32. The fourth-order valence-electron chi connectivity index (χ4n) is 2.13. The lowest BCUT2D eigenvalue weighted by Crippen LogP contribution is -2.00. The third kappa shape index (κ3) is 2.33. The maximum absolute atomic E-state index is 6.31. The molecule has 1 heterocycles. The molecule has 0 N–H and O–H groups in total. The Bertz CT molecular complexity index is 798. The third-order valence-corrected chi connectivity index (χ3v) is 4.33. The molecule has 0 saturated carbocycles. The molecule has 0 unspecified atom stereocenters. The summed E-state index contributed by atoms with van der Waals surface area (Å²) in [7, 11) is 0. The molecule has 2 aromatic carbocycles. The molecule has 0 amide bonds. The molecule has 0 bridgehead atoms. The predicted molar refractivity (Wildman–Crippen MR) is 88.3 cm³/mol. The van der Waals surface area contributed by atoms with E-state index in [1.807, 2.05) is 41.0 Å². The van der Waals surface area contributed by atoms with E-state index in [-0.39, 0.29) is 5.88 Å². The Morgan fingerprint density at radius 3 is 2.65 bits per heavy atom. The van der Waals surface area contributed by atoms with Gasteiger partial charge in [-0.3, -0.25) is 4.57 Å². The molecule has 0 atom stereocenters. The molecule has 3 rings (SSSR count). The average Bonchev–Trinajstić information content (AvgIpc) is 2.81. The summed E-state index contributed by atoms with van der Waals surface area (Å²) < 4.78 is 2.86. The first kappa shape index (κ1) is 14.2. The van der Waals surface area contributed by atoms with Gasteiger partial charge in [0.15, 0.2) is 0 Å². The molecule has 0 aliphatic heterocycles. The lowest BCUT2D eigenvalue weighted by atomic mass is 10.2. The molecular formula is C14H8BrCl3N2. The first-order valence-electron chi connectivity index (χ1n) is 5.79. The lowest BCUT2D eigenvalue weighted by molar-refractivity contribution is 0.981. The van der Waals surface area contributed by atoms with Gasteiger partial charge in [0.1, 0.15) is 11.3 Å². The Hall–Kier alpha value is -0.740. The number of hydrogen-bond donors (Lipinski definition) is 0. The Labute approximate surface area is 139 Å². The number of halogens is 4. The first-order valence-corrected chi connectivity index (χ1v) is 7.87. The van der Waals surface area contributed by atoms with Gasteiger partial charge in [-0.15, -0.1) is 11.6 Å². The van der Waals surface area contributed by atoms with Crippen LogP contribution in [0.3, 0.4) is 0 Å². The van der Waals surface area contributed by atoms with Crippen LogP contribution in [0, 0.1) is 0 Å². The number of nitrogens with zero attached hydrogens (tertiary/aromatic N) is 2. The Morgan fingerprint density at radius 2 is 1.90 bits per heavy atom. The second kappa shape index (κ2) is 5.57. The van der Waals surface area contributed by atoms with Crippen LogP contribution in [0.2, 0.25) is 10.0 Å². The number of aromatic nitrogens is 2. The highest BCUT2D eigenvalue weighted by atomic mass is 79.9. The van der Waals surface area contributed by atoms with Crippen LogP contribution in [0.4, 0.5) is 0 Å². The minimum absolute atomic E-state index is 0.272. The molecule has 0 spiro atoms. The molecule has 0 aliphatic carbocycles. The molecule has 6 heteroatoms. The van der Waals surface area contributed by atoms with Crippen molar-refractivity contribution in [2.45, 2.75) is 5.88 Å². The van der Waals surface area contributed by atoms with Crippen molar-refractivity contribution < 1.29 is 0 Å². The summed E-state index contributed by atoms with van der Waals surface area (Å²) in [6.07, 6.45) is 0. The van der Waals surface area contributed by atoms with E-state index in [1.54, 1.807) is 0 Å². The van der Waals surface area contributed by atoms with Gasteiger partial charge in [0.25, 0.3) is 0 Å². The smallest absolute Gasteiger partial charge is 0.129 e. The average molecular weight is 390 g/mol. The normalized spacial score (nSPS) is 11.2. The van der Waals surface area contributed by atoms with Gasteiger partial charge in [-0.1, -0.05) is 45.2 Å². The highest BCUT2D eigenvalue weighted by Gasteiger charge is 2.15. The van der Waals surface area contributed by atoms with Crippen LogP contribution in [-0.4, -0.2) is 9.55 Å². The zero-order chi connectivity index (χ0) is 14.3. The molecule has 0 fully saturated rings. The largest absolute Gasteiger partial charge is 0.294 e. The van der Waals surface area contributed by atoms with Gasteiger partial charge < -0.3 is 0 Å². The van der Waals surface area contributed by atoms with Crippen LogP contribution in [0.15, 0.2) is 40.9 Å². The molecule has 1 aromatic heterocycles. The van der Waals surface area contributed by atoms with Crippen molar-refractivity contribution in [3.63, 3.8) is 0 Å². The summed E-state index contributed by atoms with van der Waals surface area (Å²) in [5.74, 6) is 0.975. The number of imidazole rings is 1. The van der Waals surface area contributed by atoms with Crippen molar-refractivity contribution in [1.29, 1.82) is 0 Å². The summed E-state index contributed by atoms with van der Waals surface area (Å²) in [6, 6.07) is 11.3. The number of para-hydroxylation sites is 1. The quantitative estimate of drug-likeness (QED) is 0.503. The summed E-state index contributed by atoms with van der Waals surface area (Å²) in [6.45, 7) is 0. The summed E-state index contributed by atoms with van der Waals surface area (Å²) in [5.41, 5.74) is 2.43. The van der Waals surface area contributed by atoms with Crippen molar-refractivity contribution in [1.82, 2.24) is 9.55 Å². The highest BCUT2D eigenvalue weighted by molar-refractivity contribution is 9.10. The first-order chi connectivity index (χ1) is 9.61. The summed E-state index contributed by atoms with van der Waals surface area (Å²) in [4.78, 5) is 4.50. The SMILES string of the molecule is ClCc1nc2c(Cl)cccc2n1-c1cc(Br)ccc1Cl. The molecule has 2 nitrogen and oxygen atoms in total.